The minimum atomic E-state index is -3.99. The summed E-state index contributed by atoms with van der Waals surface area (Å²) >= 11 is 0. The first-order valence-corrected chi connectivity index (χ1v) is 11.5. The number of nitrogens with zero attached hydrogens (tertiary/aromatic N) is 1. The highest BCUT2D eigenvalue weighted by Gasteiger charge is 2.19. The van der Waals surface area contributed by atoms with Crippen LogP contribution in [0.15, 0.2) is 82.5 Å². The van der Waals surface area contributed by atoms with Crippen molar-refractivity contribution in [2.45, 2.75) is 11.8 Å². The van der Waals surface area contributed by atoms with Crippen molar-refractivity contribution in [3.05, 3.63) is 94.3 Å². The van der Waals surface area contributed by atoms with Gasteiger partial charge in [-0.25, -0.2) is 18.1 Å². The molecule has 1 amide bonds. The highest BCUT2D eigenvalue weighted by Crippen LogP contribution is 2.24. The lowest BCUT2D eigenvalue weighted by atomic mass is 10.1. The van der Waals surface area contributed by atoms with Gasteiger partial charge in [0.1, 0.15) is 5.82 Å². The number of hydrogen-bond acceptors (Lipinski definition) is 5. The lowest BCUT2D eigenvalue weighted by molar-refractivity contribution is 0.0981. The van der Waals surface area contributed by atoms with Crippen LogP contribution in [0.2, 0.25) is 0 Å². The van der Waals surface area contributed by atoms with Gasteiger partial charge in [0.2, 0.25) is 0 Å². The van der Waals surface area contributed by atoms with Gasteiger partial charge in [0.25, 0.3) is 15.9 Å². The highest BCUT2D eigenvalue weighted by atomic mass is 32.2. The van der Waals surface area contributed by atoms with Crippen LogP contribution in [0.5, 0.6) is 0 Å². The van der Waals surface area contributed by atoms with E-state index in [2.05, 4.69) is 19.7 Å². The number of sulfonamides is 1. The Balaban J connectivity index is 1.47. The van der Waals surface area contributed by atoms with Gasteiger partial charge < -0.3 is 9.97 Å². The molecule has 0 saturated heterocycles. The number of pyridine rings is 1. The average Bonchev–Trinajstić information content (AvgIpc) is 3.22. The number of carbonyl (C=O) groups excluding carboxylic acids is 1. The van der Waals surface area contributed by atoms with E-state index in [-0.39, 0.29) is 15.9 Å². The molecule has 0 saturated carbocycles. The molecule has 0 spiro atoms. The molecule has 8 nitrogen and oxygen atoms in total. The number of benzene rings is 3. The number of aromatic amines is 2. The molecule has 0 aliphatic rings. The van der Waals surface area contributed by atoms with Crippen LogP contribution in [0.1, 0.15) is 16.1 Å². The molecule has 33 heavy (non-hydrogen) atoms. The summed E-state index contributed by atoms with van der Waals surface area (Å²) in [6.45, 7) is 1.83. The summed E-state index contributed by atoms with van der Waals surface area (Å²) in [5.74, 6) is -0.223. The first-order chi connectivity index (χ1) is 15.8. The molecule has 5 rings (SSSR count). The monoisotopic (exact) mass is 458 g/mol. The number of aryl methyl sites for hydroxylation is 1. The summed E-state index contributed by atoms with van der Waals surface area (Å²) in [6.07, 6.45) is 0. The average molecular weight is 458 g/mol. The van der Waals surface area contributed by atoms with Crippen molar-refractivity contribution in [3.8, 4) is 11.4 Å². The van der Waals surface area contributed by atoms with E-state index in [1.165, 1.54) is 24.3 Å². The van der Waals surface area contributed by atoms with Crippen molar-refractivity contribution in [2.24, 2.45) is 0 Å². The highest BCUT2D eigenvalue weighted by molar-refractivity contribution is 7.90. The second kappa shape index (κ2) is 7.72. The predicted octanol–water partition coefficient (Wildman–Crippen LogP) is 3.50. The summed E-state index contributed by atoms with van der Waals surface area (Å²) in [4.78, 5) is 35.8. The quantitative estimate of drug-likeness (QED) is 0.380. The molecule has 3 N–H and O–H groups in total. The molecule has 0 aliphatic carbocycles. The number of rotatable bonds is 4. The summed E-state index contributed by atoms with van der Waals surface area (Å²) in [6, 6.07) is 19.3. The number of fused-ring (bicyclic) bond motifs is 2. The van der Waals surface area contributed by atoms with E-state index in [0.29, 0.717) is 27.8 Å². The van der Waals surface area contributed by atoms with Gasteiger partial charge in [-0.3, -0.25) is 9.59 Å². The van der Waals surface area contributed by atoms with E-state index < -0.39 is 15.9 Å². The molecule has 2 heterocycles. The second-order valence-electron chi connectivity index (χ2n) is 7.64. The molecule has 0 aliphatic heterocycles. The molecule has 5 aromatic rings. The number of nitrogens with one attached hydrogen (secondary N) is 3. The Morgan fingerprint density at radius 2 is 1.67 bits per heavy atom. The Hall–Kier alpha value is -4.24. The van der Waals surface area contributed by atoms with Crippen molar-refractivity contribution in [1.82, 2.24) is 19.7 Å². The van der Waals surface area contributed by atoms with Crippen molar-refractivity contribution in [3.63, 3.8) is 0 Å². The maximum absolute atomic E-state index is 12.6. The van der Waals surface area contributed by atoms with E-state index in [1.54, 1.807) is 36.4 Å². The predicted molar refractivity (Wildman–Crippen MR) is 125 cm³/mol. The Kier molecular flexibility index (Phi) is 4.83. The molecule has 3 aromatic carbocycles. The molecule has 0 fully saturated rings. The zero-order chi connectivity index (χ0) is 23.2. The minimum absolute atomic E-state index is 0.00275. The van der Waals surface area contributed by atoms with Crippen molar-refractivity contribution in [1.29, 1.82) is 0 Å². The molecule has 2 aromatic heterocycles. The Bertz CT molecular complexity index is 1700. The first-order valence-electron chi connectivity index (χ1n) is 10.1. The van der Waals surface area contributed by atoms with Crippen molar-refractivity contribution in [2.75, 3.05) is 0 Å². The van der Waals surface area contributed by atoms with Gasteiger partial charge in [0, 0.05) is 33.8 Å². The van der Waals surface area contributed by atoms with E-state index in [1.807, 2.05) is 19.1 Å². The van der Waals surface area contributed by atoms with Gasteiger partial charge in [-0.05, 0) is 55.5 Å². The standard InChI is InChI=1S/C24H18N4O4S/c1-14-11-22(29)18-12-15(7-9-19(18)25-14)23-26-20-10-8-16(13-21(20)27-23)24(30)28-33(31,32)17-5-3-2-4-6-17/h2-13H,1H3,(H,25,29)(H,26,27)(H,28,30). The Labute approximate surface area is 188 Å². The van der Waals surface area contributed by atoms with Crippen LogP contribution in [0, 0.1) is 6.92 Å². The van der Waals surface area contributed by atoms with Gasteiger partial charge in [0.15, 0.2) is 5.43 Å². The molecule has 0 bridgehead atoms. The van der Waals surface area contributed by atoms with Crippen LogP contribution in [0.4, 0.5) is 0 Å². The van der Waals surface area contributed by atoms with Crippen molar-refractivity contribution >= 4 is 37.9 Å². The number of carbonyl (C=O) groups is 1. The SMILES string of the molecule is Cc1cc(=O)c2cc(-c3nc4cc(C(=O)NS(=O)(=O)c5ccccc5)ccc4[nH]3)ccc2[nH]1. The number of hydrogen-bond donors (Lipinski definition) is 3. The van der Waals surface area contributed by atoms with Crippen LogP contribution >= 0.6 is 0 Å². The summed E-state index contributed by atoms with van der Waals surface area (Å²) in [7, 11) is -3.99. The number of aromatic nitrogens is 3. The fraction of sp³-hybridized carbons (Fsp3) is 0.0417. The Morgan fingerprint density at radius 1 is 0.909 bits per heavy atom. The number of amides is 1. The van der Waals surface area contributed by atoms with E-state index >= 15 is 0 Å². The molecule has 0 unspecified atom stereocenters. The van der Waals surface area contributed by atoms with Crippen LogP contribution in [0.3, 0.4) is 0 Å². The maximum atomic E-state index is 12.6. The minimum Gasteiger partial charge on any atom is -0.358 e. The zero-order valence-electron chi connectivity index (χ0n) is 17.4. The Morgan fingerprint density at radius 3 is 2.45 bits per heavy atom. The van der Waals surface area contributed by atoms with Gasteiger partial charge in [0.05, 0.1) is 15.9 Å². The fourth-order valence-electron chi connectivity index (χ4n) is 3.65. The van der Waals surface area contributed by atoms with Crippen LogP contribution in [-0.2, 0) is 10.0 Å². The van der Waals surface area contributed by atoms with Crippen LogP contribution < -0.4 is 10.2 Å². The molecule has 0 atom stereocenters. The third-order valence-corrected chi connectivity index (χ3v) is 6.61. The topological polar surface area (TPSA) is 125 Å². The summed E-state index contributed by atoms with van der Waals surface area (Å²) in [5, 5.41) is 0.546. The molecular formula is C24H18N4O4S. The normalized spacial score (nSPS) is 11.7. The first kappa shape index (κ1) is 20.7. The zero-order valence-corrected chi connectivity index (χ0v) is 18.2. The number of H-pyrrole nitrogens is 2. The summed E-state index contributed by atoms with van der Waals surface area (Å²) in [5.41, 5.74) is 3.47. The molecule has 9 heteroatoms. The summed E-state index contributed by atoms with van der Waals surface area (Å²) < 4.78 is 27.0. The lowest BCUT2D eigenvalue weighted by Crippen LogP contribution is -2.30. The third-order valence-electron chi connectivity index (χ3n) is 5.26. The molecule has 0 radical (unpaired) electrons. The smallest absolute Gasteiger partial charge is 0.265 e. The maximum Gasteiger partial charge on any atom is 0.265 e. The molecule has 164 valence electrons. The third kappa shape index (κ3) is 3.90. The number of imidazole rings is 1. The largest absolute Gasteiger partial charge is 0.358 e. The van der Waals surface area contributed by atoms with E-state index in [4.69, 9.17) is 0 Å². The fourth-order valence-corrected chi connectivity index (χ4v) is 4.65. The van der Waals surface area contributed by atoms with Gasteiger partial charge >= 0.3 is 0 Å². The van der Waals surface area contributed by atoms with Crippen molar-refractivity contribution < 1.29 is 13.2 Å². The second-order valence-corrected chi connectivity index (χ2v) is 9.32. The van der Waals surface area contributed by atoms with Gasteiger partial charge in [-0.1, -0.05) is 18.2 Å². The van der Waals surface area contributed by atoms with E-state index in [0.717, 1.165) is 11.2 Å². The van der Waals surface area contributed by atoms with Gasteiger partial charge in [-0.15, -0.1) is 0 Å². The lowest BCUT2D eigenvalue weighted by Gasteiger charge is -2.06. The van der Waals surface area contributed by atoms with Crippen LogP contribution in [-0.4, -0.2) is 29.3 Å². The van der Waals surface area contributed by atoms with Crippen LogP contribution in [0.25, 0.3) is 33.3 Å². The van der Waals surface area contributed by atoms with Gasteiger partial charge in [-0.2, -0.15) is 0 Å². The van der Waals surface area contributed by atoms with E-state index in [9.17, 15) is 18.0 Å². The molecular weight excluding hydrogens is 440 g/mol.